The molecule has 1 saturated heterocycles. The molecule has 0 radical (unpaired) electrons. The van der Waals surface area contributed by atoms with E-state index in [0.717, 1.165) is 12.3 Å². The fraction of sp³-hybridized carbons (Fsp3) is 0.545. The molecule has 0 saturated carbocycles. The molecule has 2 rings (SSSR count). The summed E-state index contributed by atoms with van der Waals surface area (Å²) in [6, 6.07) is 3.76. The Morgan fingerprint density at radius 3 is 3.07 bits per heavy atom. The van der Waals surface area contributed by atoms with Gasteiger partial charge >= 0.3 is 5.97 Å². The van der Waals surface area contributed by atoms with Crippen molar-refractivity contribution in [2.75, 3.05) is 13.1 Å². The fourth-order valence-corrected chi connectivity index (χ4v) is 1.99. The highest BCUT2D eigenvalue weighted by Gasteiger charge is 2.40. The zero-order chi connectivity index (χ0) is 10.9. The van der Waals surface area contributed by atoms with Crippen LogP contribution >= 0.6 is 0 Å². The monoisotopic (exact) mass is 209 g/mol. The van der Waals surface area contributed by atoms with Crippen molar-refractivity contribution in [1.82, 2.24) is 4.90 Å². The molecule has 0 aliphatic carbocycles. The Hall–Kier alpha value is -1.29. The first-order valence-corrected chi connectivity index (χ1v) is 5.08. The Kier molecular flexibility index (Phi) is 2.52. The average Bonchev–Trinajstić information content (AvgIpc) is 2.77. The highest BCUT2D eigenvalue weighted by molar-refractivity contribution is 5.74. The summed E-state index contributed by atoms with van der Waals surface area (Å²) in [7, 11) is 0. The van der Waals surface area contributed by atoms with Crippen LogP contribution in [0.15, 0.2) is 22.8 Å². The molecular formula is C11H15NO3. The molecule has 4 nitrogen and oxygen atoms in total. The van der Waals surface area contributed by atoms with Crippen molar-refractivity contribution in [3.63, 3.8) is 0 Å². The number of likely N-dealkylation sites (tertiary alicyclic amines) is 1. The molecule has 0 amide bonds. The number of carboxylic acids is 1. The smallest absolute Gasteiger partial charge is 0.310 e. The Labute approximate surface area is 88.5 Å². The van der Waals surface area contributed by atoms with Gasteiger partial charge in [-0.15, -0.1) is 0 Å². The molecule has 1 atom stereocenters. The van der Waals surface area contributed by atoms with Crippen molar-refractivity contribution < 1.29 is 14.3 Å². The van der Waals surface area contributed by atoms with Crippen molar-refractivity contribution >= 4 is 5.97 Å². The lowest BCUT2D eigenvalue weighted by Crippen LogP contribution is -2.31. The van der Waals surface area contributed by atoms with Gasteiger partial charge in [-0.2, -0.15) is 0 Å². The van der Waals surface area contributed by atoms with E-state index < -0.39 is 11.4 Å². The summed E-state index contributed by atoms with van der Waals surface area (Å²) in [5.41, 5.74) is -0.591. The Balaban J connectivity index is 1.96. The molecular weight excluding hydrogens is 194 g/mol. The van der Waals surface area contributed by atoms with Crippen LogP contribution in [-0.4, -0.2) is 29.1 Å². The lowest BCUT2D eigenvalue weighted by molar-refractivity contribution is -0.147. The summed E-state index contributed by atoms with van der Waals surface area (Å²) < 4.78 is 5.23. The van der Waals surface area contributed by atoms with Crippen LogP contribution in [0.3, 0.4) is 0 Å². The van der Waals surface area contributed by atoms with Crippen LogP contribution in [0.4, 0.5) is 0 Å². The number of nitrogens with zero attached hydrogens (tertiary/aromatic N) is 1. The molecule has 2 heterocycles. The highest BCUT2D eigenvalue weighted by Crippen LogP contribution is 2.30. The summed E-state index contributed by atoms with van der Waals surface area (Å²) in [6.45, 7) is 3.93. The summed E-state index contributed by atoms with van der Waals surface area (Å²) in [5.74, 6) is 0.189. The van der Waals surface area contributed by atoms with Crippen LogP contribution in [0.5, 0.6) is 0 Å². The number of aliphatic carboxylic acids is 1. The lowest BCUT2D eigenvalue weighted by atomic mass is 9.90. The van der Waals surface area contributed by atoms with Crippen LogP contribution in [0.2, 0.25) is 0 Å². The Bertz CT molecular complexity index is 347. The number of hydrogen-bond acceptors (Lipinski definition) is 3. The van der Waals surface area contributed by atoms with E-state index in [2.05, 4.69) is 4.90 Å². The number of hydrogen-bond donors (Lipinski definition) is 1. The minimum Gasteiger partial charge on any atom is -0.481 e. The van der Waals surface area contributed by atoms with Crippen molar-refractivity contribution in [2.24, 2.45) is 5.41 Å². The molecule has 1 aliphatic heterocycles. The minimum absolute atomic E-state index is 0.591. The molecule has 1 unspecified atom stereocenters. The van der Waals surface area contributed by atoms with Crippen LogP contribution in [0.1, 0.15) is 19.1 Å². The topological polar surface area (TPSA) is 53.7 Å². The molecule has 1 aromatic rings. The van der Waals surface area contributed by atoms with Gasteiger partial charge in [0, 0.05) is 6.54 Å². The highest BCUT2D eigenvalue weighted by atomic mass is 16.4. The van der Waals surface area contributed by atoms with Gasteiger partial charge in [-0.05, 0) is 32.0 Å². The number of carboxylic acid groups (broad SMARTS) is 1. The summed E-state index contributed by atoms with van der Waals surface area (Å²) in [5, 5.41) is 9.07. The molecule has 0 bridgehead atoms. The van der Waals surface area contributed by atoms with Gasteiger partial charge in [0.25, 0.3) is 0 Å². The van der Waals surface area contributed by atoms with Gasteiger partial charge in [-0.3, -0.25) is 9.69 Å². The fourth-order valence-electron chi connectivity index (χ4n) is 1.99. The maximum atomic E-state index is 11.0. The Morgan fingerprint density at radius 1 is 1.73 bits per heavy atom. The second-order valence-corrected chi connectivity index (χ2v) is 4.41. The van der Waals surface area contributed by atoms with Gasteiger partial charge in [-0.1, -0.05) is 0 Å². The van der Waals surface area contributed by atoms with E-state index in [-0.39, 0.29) is 0 Å². The Morgan fingerprint density at radius 2 is 2.53 bits per heavy atom. The second kappa shape index (κ2) is 3.70. The second-order valence-electron chi connectivity index (χ2n) is 4.41. The van der Waals surface area contributed by atoms with Crippen molar-refractivity contribution in [3.8, 4) is 0 Å². The predicted octanol–water partition coefficient (Wildman–Crippen LogP) is 1.58. The summed E-state index contributed by atoms with van der Waals surface area (Å²) in [4.78, 5) is 13.1. The van der Waals surface area contributed by atoms with E-state index in [1.807, 2.05) is 12.1 Å². The third-order valence-electron chi connectivity index (χ3n) is 3.03. The first-order chi connectivity index (χ1) is 7.10. The van der Waals surface area contributed by atoms with Gasteiger partial charge < -0.3 is 9.52 Å². The van der Waals surface area contributed by atoms with Gasteiger partial charge in [-0.25, -0.2) is 0 Å². The minimum atomic E-state index is -0.704. The van der Waals surface area contributed by atoms with Crippen LogP contribution < -0.4 is 0 Å². The molecule has 15 heavy (non-hydrogen) atoms. The largest absolute Gasteiger partial charge is 0.481 e. The summed E-state index contributed by atoms with van der Waals surface area (Å²) in [6.07, 6.45) is 2.35. The molecule has 0 aromatic carbocycles. The van der Waals surface area contributed by atoms with E-state index in [4.69, 9.17) is 9.52 Å². The molecule has 82 valence electrons. The van der Waals surface area contributed by atoms with E-state index in [1.54, 1.807) is 13.2 Å². The summed E-state index contributed by atoms with van der Waals surface area (Å²) >= 11 is 0. The first kappa shape index (κ1) is 10.2. The average molecular weight is 209 g/mol. The number of furan rings is 1. The SMILES string of the molecule is CC1(C(=O)O)CCN(Cc2ccco2)C1. The van der Waals surface area contributed by atoms with E-state index in [0.29, 0.717) is 19.5 Å². The third kappa shape index (κ3) is 2.04. The third-order valence-corrected chi connectivity index (χ3v) is 3.03. The van der Waals surface area contributed by atoms with Crippen LogP contribution in [-0.2, 0) is 11.3 Å². The maximum Gasteiger partial charge on any atom is 0.310 e. The van der Waals surface area contributed by atoms with Crippen molar-refractivity contribution in [3.05, 3.63) is 24.2 Å². The molecule has 1 fully saturated rings. The molecule has 1 aliphatic rings. The number of carbonyl (C=O) groups is 1. The normalized spacial score (nSPS) is 27.0. The van der Waals surface area contributed by atoms with Crippen LogP contribution in [0, 0.1) is 5.41 Å². The van der Waals surface area contributed by atoms with E-state index >= 15 is 0 Å². The molecule has 1 aromatic heterocycles. The molecule has 0 spiro atoms. The van der Waals surface area contributed by atoms with Crippen molar-refractivity contribution in [2.45, 2.75) is 19.9 Å². The van der Waals surface area contributed by atoms with E-state index in [9.17, 15) is 4.79 Å². The first-order valence-electron chi connectivity index (χ1n) is 5.08. The number of rotatable bonds is 3. The quantitative estimate of drug-likeness (QED) is 0.821. The lowest BCUT2D eigenvalue weighted by Gasteiger charge is -2.19. The maximum absolute atomic E-state index is 11.0. The van der Waals surface area contributed by atoms with E-state index in [1.165, 1.54) is 0 Å². The zero-order valence-corrected chi connectivity index (χ0v) is 8.77. The predicted molar refractivity (Wildman–Crippen MR) is 54.3 cm³/mol. The molecule has 1 N–H and O–H groups in total. The van der Waals surface area contributed by atoms with Crippen LogP contribution in [0.25, 0.3) is 0 Å². The van der Waals surface area contributed by atoms with Gasteiger partial charge in [0.15, 0.2) is 0 Å². The standard InChI is InChI=1S/C11H15NO3/c1-11(10(13)14)4-5-12(8-11)7-9-3-2-6-15-9/h2-3,6H,4-5,7-8H2,1H3,(H,13,14). The van der Waals surface area contributed by atoms with Gasteiger partial charge in [0.05, 0.1) is 18.2 Å². The molecule has 4 heteroatoms. The van der Waals surface area contributed by atoms with Gasteiger partial charge in [0.2, 0.25) is 0 Å². The van der Waals surface area contributed by atoms with Gasteiger partial charge in [0.1, 0.15) is 5.76 Å². The zero-order valence-electron chi connectivity index (χ0n) is 8.77. The van der Waals surface area contributed by atoms with Crippen molar-refractivity contribution in [1.29, 1.82) is 0 Å².